The van der Waals surface area contributed by atoms with E-state index < -0.39 is 5.41 Å². The Hall–Kier alpha value is -1.92. The Morgan fingerprint density at radius 2 is 1.96 bits per heavy atom. The van der Waals surface area contributed by atoms with Crippen LogP contribution < -0.4 is 10.6 Å². The quantitative estimate of drug-likeness (QED) is 0.857. The minimum atomic E-state index is -0.515. The van der Waals surface area contributed by atoms with Crippen molar-refractivity contribution in [2.45, 2.75) is 19.3 Å². The first-order chi connectivity index (χ1) is 11.6. The number of carbonyl (C=O) groups is 2. The molecule has 0 aliphatic carbocycles. The van der Waals surface area contributed by atoms with E-state index in [2.05, 4.69) is 10.6 Å². The summed E-state index contributed by atoms with van der Waals surface area (Å²) in [6.45, 7) is 3.52. The smallest absolute Gasteiger partial charge is 0.253 e. The van der Waals surface area contributed by atoms with Crippen LogP contribution in [0.4, 0.5) is 5.69 Å². The van der Waals surface area contributed by atoms with E-state index in [1.165, 1.54) is 0 Å². The third kappa shape index (κ3) is 3.44. The maximum atomic E-state index is 12.6. The first-order valence-electron chi connectivity index (χ1n) is 8.55. The maximum Gasteiger partial charge on any atom is 0.253 e. The molecule has 2 amide bonds. The van der Waals surface area contributed by atoms with E-state index in [0.29, 0.717) is 24.4 Å². The van der Waals surface area contributed by atoms with Crippen LogP contribution in [0.2, 0.25) is 0 Å². The summed E-state index contributed by atoms with van der Waals surface area (Å²) in [5.41, 5.74) is 0.864. The molecule has 2 aliphatic heterocycles. The van der Waals surface area contributed by atoms with E-state index in [0.717, 1.165) is 38.9 Å². The van der Waals surface area contributed by atoms with Gasteiger partial charge in [0.1, 0.15) is 0 Å². The molecular formula is C18H25N3O3. The summed E-state index contributed by atoms with van der Waals surface area (Å²) >= 11 is 0. The van der Waals surface area contributed by atoms with Crippen molar-refractivity contribution in [2.24, 2.45) is 5.41 Å². The number of carbonyl (C=O) groups excluding carboxylic acids is 2. The van der Waals surface area contributed by atoms with Gasteiger partial charge in [0.2, 0.25) is 5.91 Å². The summed E-state index contributed by atoms with van der Waals surface area (Å²) in [5.74, 6) is 0.0363. The van der Waals surface area contributed by atoms with Gasteiger partial charge in [-0.1, -0.05) is 0 Å². The number of benzene rings is 1. The molecule has 1 atom stereocenters. The summed E-state index contributed by atoms with van der Waals surface area (Å²) in [4.78, 5) is 26.9. The monoisotopic (exact) mass is 331 g/mol. The lowest BCUT2D eigenvalue weighted by Gasteiger charge is -2.26. The third-order valence-corrected chi connectivity index (χ3v) is 4.93. The number of nitrogens with zero attached hydrogens (tertiary/aromatic N) is 1. The van der Waals surface area contributed by atoms with Gasteiger partial charge in [-0.25, -0.2) is 0 Å². The summed E-state index contributed by atoms with van der Waals surface area (Å²) < 4.78 is 5.24. The second-order valence-electron chi connectivity index (χ2n) is 6.67. The highest BCUT2D eigenvalue weighted by atomic mass is 16.5. The van der Waals surface area contributed by atoms with Gasteiger partial charge >= 0.3 is 0 Å². The molecule has 1 aromatic carbocycles. The van der Waals surface area contributed by atoms with Crippen LogP contribution in [0.5, 0.6) is 0 Å². The van der Waals surface area contributed by atoms with Gasteiger partial charge in [-0.05, 0) is 50.1 Å². The highest BCUT2D eigenvalue weighted by Crippen LogP contribution is 2.28. The molecule has 2 aliphatic rings. The zero-order valence-electron chi connectivity index (χ0n) is 14.1. The predicted molar refractivity (Wildman–Crippen MR) is 92.0 cm³/mol. The highest BCUT2D eigenvalue weighted by Gasteiger charge is 2.41. The molecule has 2 saturated heterocycles. The first-order valence-corrected chi connectivity index (χ1v) is 8.55. The summed E-state index contributed by atoms with van der Waals surface area (Å²) in [7, 11) is 1.62. The molecule has 130 valence electrons. The first kappa shape index (κ1) is 16.9. The van der Waals surface area contributed by atoms with Crippen LogP contribution in [0.15, 0.2) is 24.3 Å². The van der Waals surface area contributed by atoms with Gasteiger partial charge in [0.05, 0.1) is 12.0 Å². The summed E-state index contributed by atoms with van der Waals surface area (Å²) in [6.07, 6.45) is 2.92. The van der Waals surface area contributed by atoms with E-state index in [9.17, 15) is 9.59 Å². The lowest BCUT2D eigenvalue weighted by atomic mass is 9.87. The topological polar surface area (TPSA) is 70.7 Å². The zero-order chi connectivity index (χ0) is 17.0. The average Bonchev–Trinajstić information content (AvgIpc) is 3.28. The molecule has 6 heteroatoms. The minimum absolute atomic E-state index is 0.0343. The SMILES string of the molecule is COCC1(C(=O)Nc2ccc(C(=O)N3CCCC3)cc2)CCNC1. The molecule has 2 N–H and O–H groups in total. The molecule has 0 radical (unpaired) electrons. The van der Waals surface area contributed by atoms with Crippen molar-refractivity contribution in [2.75, 3.05) is 45.2 Å². The molecule has 0 saturated carbocycles. The fraction of sp³-hybridized carbons (Fsp3) is 0.556. The van der Waals surface area contributed by atoms with Crippen LogP contribution >= 0.6 is 0 Å². The van der Waals surface area contributed by atoms with Crippen molar-refractivity contribution in [3.63, 3.8) is 0 Å². The molecule has 2 fully saturated rings. The minimum Gasteiger partial charge on any atom is -0.384 e. The number of likely N-dealkylation sites (tertiary alicyclic amines) is 1. The number of hydrogen-bond acceptors (Lipinski definition) is 4. The predicted octanol–water partition coefficient (Wildman–Crippen LogP) is 1.49. The van der Waals surface area contributed by atoms with Gasteiger partial charge in [-0.3, -0.25) is 9.59 Å². The second kappa shape index (κ2) is 7.32. The van der Waals surface area contributed by atoms with Gasteiger partial charge in [0.25, 0.3) is 5.91 Å². The average molecular weight is 331 g/mol. The molecule has 2 heterocycles. The zero-order valence-corrected chi connectivity index (χ0v) is 14.1. The number of rotatable bonds is 5. The Kier molecular flexibility index (Phi) is 5.16. The Morgan fingerprint density at radius 3 is 2.54 bits per heavy atom. The van der Waals surface area contributed by atoms with Crippen LogP contribution in [0.1, 0.15) is 29.6 Å². The van der Waals surface area contributed by atoms with Crippen LogP contribution in [-0.2, 0) is 9.53 Å². The van der Waals surface area contributed by atoms with Crippen molar-refractivity contribution in [1.82, 2.24) is 10.2 Å². The fourth-order valence-electron chi connectivity index (χ4n) is 3.47. The molecule has 0 aromatic heterocycles. The summed E-state index contributed by atoms with van der Waals surface area (Å²) in [6, 6.07) is 7.16. The molecule has 1 aromatic rings. The number of amides is 2. The molecule has 0 bridgehead atoms. The van der Waals surface area contributed by atoms with Crippen molar-refractivity contribution < 1.29 is 14.3 Å². The summed E-state index contributed by atoms with van der Waals surface area (Å²) in [5, 5.41) is 6.19. The number of nitrogens with one attached hydrogen (secondary N) is 2. The molecule has 6 nitrogen and oxygen atoms in total. The van der Waals surface area contributed by atoms with Crippen molar-refractivity contribution in [3.8, 4) is 0 Å². The van der Waals surface area contributed by atoms with Gasteiger partial charge in [0.15, 0.2) is 0 Å². The van der Waals surface area contributed by atoms with Crippen LogP contribution in [-0.4, -0.2) is 56.6 Å². The van der Waals surface area contributed by atoms with E-state index in [1.807, 2.05) is 4.90 Å². The van der Waals surface area contributed by atoms with Gasteiger partial charge in [-0.15, -0.1) is 0 Å². The van der Waals surface area contributed by atoms with Crippen LogP contribution in [0, 0.1) is 5.41 Å². The lowest BCUT2D eigenvalue weighted by Crippen LogP contribution is -2.41. The van der Waals surface area contributed by atoms with Crippen molar-refractivity contribution in [1.29, 1.82) is 0 Å². The maximum absolute atomic E-state index is 12.6. The fourth-order valence-corrected chi connectivity index (χ4v) is 3.47. The Labute approximate surface area is 142 Å². The van der Waals surface area contributed by atoms with Gasteiger partial charge in [0, 0.05) is 38.0 Å². The molecular weight excluding hydrogens is 306 g/mol. The van der Waals surface area contributed by atoms with Crippen molar-refractivity contribution in [3.05, 3.63) is 29.8 Å². The number of ether oxygens (including phenoxy) is 1. The van der Waals surface area contributed by atoms with E-state index >= 15 is 0 Å². The Morgan fingerprint density at radius 1 is 1.25 bits per heavy atom. The van der Waals surface area contributed by atoms with Crippen molar-refractivity contribution >= 4 is 17.5 Å². The Bertz CT molecular complexity index is 588. The number of anilines is 1. The number of methoxy groups -OCH3 is 1. The van der Waals surface area contributed by atoms with E-state index in [-0.39, 0.29) is 11.8 Å². The van der Waals surface area contributed by atoms with Crippen LogP contribution in [0.25, 0.3) is 0 Å². The second-order valence-corrected chi connectivity index (χ2v) is 6.67. The van der Waals surface area contributed by atoms with E-state index in [4.69, 9.17) is 4.74 Å². The van der Waals surface area contributed by atoms with Gasteiger partial charge in [-0.2, -0.15) is 0 Å². The largest absolute Gasteiger partial charge is 0.384 e. The lowest BCUT2D eigenvalue weighted by molar-refractivity contribution is -0.127. The molecule has 24 heavy (non-hydrogen) atoms. The number of hydrogen-bond donors (Lipinski definition) is 2. The molecule has 1 unspecified atom stereocenters. The highest BCUT2D eigenvalue weighted by molar-refractivity contribution is 5.97. The molecule has 3 rings (SSSR count). The third-order valence-electron chi connectivity index (χ3n) is 4.93. The molecule has 0 spiro atoms. The normalized spacial score (nSPS) is 23.5. The van der Waals surface area contributed by atoms with E-state index in [1.54, 1.807) is 31.4 Å². The Balaban J connectivity index is 1.65. The standard InChI is InChI=1S/C18H25N3O3/c1-24-13-18(8-9-19-12-18)17(23)20-15-6-4-14(5-7-15)16(22)21-10-2-3-11-21/h4-7,19H,2-3,8-13H2,1H3,(H,20,23). The van der Waals surface area contributed by atoms with Gasteiger partial charge < -0.3 is 20.3 Å². The van der Waals surface area contributed by atoms with Crippen LogP contribution in [0.3, 0.4) is 0 Å².